The molecule has 2 rings (SSSR count). The highest BCUT2D eigenvalue weighted by Gasteiger charge is 2.16. The van der Waals surface area contributed by atoms with E-state index in [9.17, 15) is 0 Å². The number of benzene rings is 1. The van der Waals surface area contributed by atoms with Crippen LogP contribution in [0.25, 0.3) is 0 Å². The maximum atomic E-state index is 5.73. The average Bonchev–Trinajstić information content (AvgIpc) is 2.49. The molecule has 1 fully saturated rings. The van der Waals surface area contributed by atoms with Crippen LogP contribution >= 0.6 is 0 Å². The van der Waals surface area contributed by atoms with Gasteiger partial charge in [-0.3, -0.25) is 0 Å². The fourth-order valence-corrected chi connectivity index (χ4v) is 2.46. The number of methoxy groups -OCH3 is 1. The lowest BCUT2D eigenvalue weighted by Crippen LogP contribution is -2.44. The van der Waals surface area contributed by atoms with E-state index in [1.54, 1.807) is 7.11 Å². The summed E-state index contributed by atoms with van der Waals surface area (Å²) in [7, 11) is 3.80. The second-order valence-corrected chi connectivity index (χ2v) is 5.30. The van der Waals surface area contributed by atoms with Gasteiger partial charge in [0.05, 0.1) is 26.4 Å². The van der Waals surface area contributed by atoms with Crippen LogP contribution in [0.2, 0.25) is 0 Å². The van der Waals surface area contributed by atoms with Crippen molar-refractivity contribution in [1.29, 1.82) is 0 Å². The van der Waals surface area contributed by atoms with E-state index in [0.29, 0.717) is 6.61 Å². The molecule has 1 aliphatic heterocycles. The SMILES string of the molecule is CCOc1ccc(CNC[C@@H]2CN(C)CCO2)cc1OC. The topological polar surface area (TPSA) is 43.0 Å². The monoisotopic (exact) mass is 294 g/mol. The molecule has 0 spiro atoms. The first-order valence-electron chi connectivity index (χ1n) is 7.53. The van der Waals surface area contributed by atoms with Crippen molar-refractivity contribution >= 4 is 0 Å². The van der Waals surface area contributed by atoms with E-state index in [0.717, 1.165) is 44.3 Å². The fourth-order valence-electron chi connectivity index (χ4n) is 2.46. The van der Waals surface area contributed by atoms with Crippen molar-refractivity contribution in [3.63, 3.8) is 0 Å². The summed E-state index contributed by atoms with van der Waals surface area (Å²) in [6.45, 7) is 7.09. The van der Waals surface area contributed by atoms with Gasteiger partial charge in [0.2, 0.25) is 0 Å². The Hall–Kier alpha value is -1.30. The zero-order valence-corrected chi connectivity index (χ0v) is 13.2. The lowest BCUT2D eigenvalue weighted by atomic mass is 10.2. The lowest BCUT2D eigenvalue weighted by molar-refractivity contribution is -0.0182. The number of ether oxygens (including phenoxy) is 3. The molecule has 0 amide bonds. The quantitative estimate of drug-likeness (QED) is 0.826. The first kappa shape index (κ1) is 16.1. The smallest absolute Gasteiger partial charge is 0.161 e. The summed E-state index contributed by atoms with van der Waals surface area (Å²) in [5.74, 6) is 1.57. The van der Waals surface area contributed by atoms with Gasteiger partial charge in [-0.15, -0.1) is 0 Å². The van der Waals surface area contributed by atoms with Crippen LogP contribution in [0.3, 0.4) is 0 Å². The lowest BCUT2D eigenvalue weighted by Gasteiger charge is -2.30. The number of nitrogens with one attached hydrogen (secondary N) is 1. The Kier molecular flexibility index (Phi) is 6.29. The van der Waals surface area contributed by atoms with Gasteiger partial charge in [-0.1, -0.05) is 6.07 Å². The Labute approximate surface area is 127 Å². The maximum Gasteiger partial charge on any atom is 0.161 e. The van der Waals surface area contributed by atoms with Crippen molar-refractivity contribution in [3.05, 3.63) is 23.8 Å². The van der Waals surface area contributed by atoms with Crippen molar-refractivity contribution in [3.8, 4) is 11.5 Å². The van der Waals surface area contributed by atoms with E-state index in [4.69, 9.17) is 14.2 Å². The van der Waals surface area contributed by atoms with Crippen LogP contribution in [-0.4, -0.2) is 58.0 Å². The Morgan fingerprint density at radius 2 is 2.24 bits per heavy atom. The van der Waals surface area contributed by atoms with Crippen molar-refractivity contribution in [2.24, 2.45) is 0 Å². The first-order valence-corrected chi connectivity index (χ1v) is 7.53. The summed E-state index contributed by atoms with van der Waals surface area (Å²) in [5, 5.41) is 3.45. The molecular weight excluding hydrogens is 268 g/mol. The molecule has 0 unspecified atom stereocenters. The minimum Gasteiger partial charge on any atom is -0.493 e. The van der Waals surface area contributed by atoms with E-state index in [1.165, 1.54) is 5.56 Å². The second kappa shape index (κ2) is 8.22. The van der Waals surface area contributed by atoms with Crippen LogP contribution in [0.15, 0.2) is 18.2 Å². The molecule has 0 saturated carbocycles. The van der Waals surface area contributed by atoms with Crippen LogP contribution in [0.4, 0.5) is 0 Å². The Bertz CT molecular complexity index is 440. The zero-order chi connectivity index (χ0) is 15.1. The van der Waals surface area contributed by atoms with Gasteiger partial charge in [-0.2, -0.15) is 0 Å². The van der Waals surface area contributed by atoms with Crippen LogP contribution in [0, 0.1) is 0 Å². The van der Waals surface area contributed by atoms with Crippen molar-refractivity contribution < 1.29 is 14.2 Å². The minimum atomic E-state index is 0.272. The fraction of sp³-hybridized carbons (Fsp3) is 0.625. The molecule has 0 radical (unpaired) electrons. The normalized spacial score (nSPS) is 19.5. The number of likely N-dealkylation sites (N-methyl/N-ethyl adjacent to an activating group) is 1. The summed E-state index contributed by atoms with van der Waals surface area (Å²) in [6.07, 6.45) is 0.272. The molecule has 5 heteroatoms. The molecular formula is C16H26N2O3. The van der Waals surface area contributed by atoms with Gasteiger partial charge in [0.25, 0.3) is 0 Å². The predicted molar refractivity (Wildman–Crippen MR) is 83.1 cm³/mol. The molecule has 1 atom stereocenters. The van der Waals surface area contributed by atoms with Gasteiger partial charge < -0.3 is 24.4 Å². The summed E-state index contributed by atoms with van der Waals surface area (Å²) < 4.78 is 16.6. The number of nitrogens with zero attached hydrogens (tertiary/aromatic N) is 1. The highest BCUT2D eigenvalue weighted by atomic mass is 16.5. The van der Waals surface area contributed by atoms with Gasteiger partial charge in [0.15, 0.2) is 11.5 Å². The predicted octanol–water partition coefficient (Wildman–Crippen LogP) is 1.51. The number of hydrogen-bond donors (Lipinski definition) is 1. The van der Waals surface area contributed by atoms with Gasteiger partial charge in [0.1, 0.15) is 0 Å². The third kappa shape index (κ3) is 4.88. The molecule has 0 bridgehead atoms. The Balaban J connectivity index is 1.82. The summed E-state index contributed by atoms with van der Waals surface area (Å²) in [4.78, 5) is 2.30. The second-order valence-electron chi connectivity index (χ2n) is 5.30. The Morgan fingerprint density at radius 3 is 2.95 bits per heavy atom. The Morgan fingerprint density at radius 1 is 1.38 bits per heavy atom. The third-order valence-corrected chi connectivity index (χ3v) is 3.57. The molecule has 5 nitrogen and oxygen atoms in total. The van der Waals surface area contributed by atoms with Crippen LogP contribution < -0.4 is 14.8 Å². The van der Waals surface area contributed by atoms with Crippen molar-refractivity contribution in [2.75, 3.05) is 47.0 Å². The molecule has 1 N–H and O–H groups in total. The van der Waals surface area contributed by atoms with E-state index >= 15 is 0 Å². The molecule has 21 heavy (non-hydrogen) atoms. The van der Waals surface area contributed by atoms with Crippen LogP contribution in [0.5, 0.6) is 11.5 Å². The highest BCUT2D eigenvalue weighted by molar-refractivity contribution is 5.42. The molecule has 1 aromatic carbocycles. The average molecular weight is 294 g/mol. The van der Waals surface area contributed by atoms with Gasteiger partial charge in [-0.05, 0) is 31.7 Å². The largest absolute Gasteiger partial charge is 0.493 e. The molecule has 118 valence electrons. The zero-order valence-electron chi connectivity index (χ0n) is 13.2. The van der Waals surface area contributed by atoms with E-state index in [1.807, 2.05) is 19.1 Å². The summed E-state index contributed by atoms with van der Waals surface area (Å²) in [6, 6.07) is 6.05. The maximum absolute atomic E-state index is 5.73. The van der Waals surface area contributed by atoms with E-state index in [-0.39, 0.29) is 6.10 Å². The molecule has 1 aliphatic rings. The molecule has 1 saturated heterocycles. The van der Waals surface area contributed by atoms with Crippen LogP contribution in [-0.2, 0) is 11.3 Å². The minimum absolute atomic E-state index is 0.272. The van der Waals surface area contributed by atoms with Gasteiger partial charge in [-0.25, -0.2) is 0 Å². The molecule has 0 aromatic heterocycles. The van der Waals surface area contributed by atoms with Gasteiger partial charge >= 0.3 is 0 Å². The third-order valence-electron chi connectivity index (χ3n) is 3.57. The van der Waals surface area contributed by atoms with Crippen molar-refractivity contribution in [2.45, 2.75) is 19.6 Å². The molecule has 0 aliphatic carbocycles. The first-order chi connectivity index (χ1) is 10.2. The van der Waals surface area contributed by atoms with Crippen LogP contribution in [0.1, 0.15) is 12.5 Å². The standard InChI is InChI=1S/C16H26N2O3/c1-4-20-15-6-5-13(9-16(15)19-3)10-17-11-14-12-18(2)7-8-21-14/h5-6,9,14,17H,4,7-8,10-12H2,1-3H3/t14-/m1/s1. The van der Waals surface area contributed by atoms with Gasteiger partial charge in [0, 0.05) is 26.2 Å². The highest BCUT2D eigenvalue weighted by Crippen LogP contribution is 2.27. The van der Waals surface area contributed by atoms with Crippen molar-refractivity contribution in [1.82, 2.24) is 10.2 Å². The number of rotatable bonds is 7. The van der Waals surface area contributed by atoms with E-state index in [2.05, 4.69) is 23.3 Å². The summed E-state index contributed by atoms with van der Waals surface area (Å²) in [5.41, 5.74) is 1.18. The number of hydrogen-bond acceptors (Lipinski definition) is 5. The molecule has 1 aromatic rings. The summed E-state index contributed by atoms with van der Waals surface area (Å²) >= 11 is 0. The molecule has 1 heterocycles. The number of morpholine rings is 1. The van der Waals surface area contributed by atoms with E-state index < -0.39 is 0 Å².